The molecule has 0 bridgehead atoms. The molecule has 0 aliphatic carbocycles. The lowest BCUT2D eigenvalue weighted by Crippen LogP contribution is -2.33. The number of benzene rings is 2. The van der Waals surface area contributed by atoms with Crippen molar-refractivity contribution in [3.63, 3.8) is 0 Å². The molecule has 0 fully saturated rings. The van der Waals surface area contributed by atoms with Gasteiger partial charge in [0.2, 0.25) is 0 Å². The second kappa shape index (κ2) is 13.2. The van der Waals surface area contributed by atoms with Gasteiger partial charge in [0.1, 0.15) is 0 Å². The standard InChI is InChI=1S/C24H29ClF6N4O/c1-35(2)11-3-9-32-10-8-17(16-4-6-20(25)7-5-16)15-33-22(36)34-21-13-18(23(26,27)28)12-19(14-21)24(29,30)31/h4-7,12-14,17,32H,3,8-11,15H2,1-2H3,(H2,33,34,36). The molecule has 0 saturated carbocycles. The topological polar surface area (TPSA) is 56.4 Å². The largest absolute Gasteiger partial charge is 0.416 e. The van der Waals surface area contributed by atoms with Crippen LogP contribution >= 0.6 is 11.6 Å². The summed E-state index contributed by atoms with van der Waals surface area (Å²) in [4.78, 5) is 14.4. The number of amides is 2. The molecule has 2 aromatic rings. The Labute approximate surface area is 211 Å². The minimum atomic E-state index is -5.01. The van der Waals surface area contributed by atoms with Gasteiger partial charge < -0.3 is 20.9 Å². The maximum Gasteiger partial charge on any atom is 0.416 e. The third-order valence-corrected chi connectivity index (χ3v) is 5.58. The molecule has 36 heavy (non-hydrogen) atoms. The highest BCUT2D eigenvalue weighted by Gasteiger charge is 2.37. The van der Waals surface area contributed by atoms with Gasteiger partial charge in [-0.3, -0.25) is 0 Å². The van der Waals surface area contributed by atoms with Gasteiger partial charge in [-0.15, -0.1) is 0 Å². The smallest absolute Gasteiger partial charge is 0.337 e. The highest BCUT2D eigenvalue weighted by molar-refractivity contribution is 6.30. The molecule has 2 aromatic carbocycles. The monoisotopic (exact) mass is 538 g/mol. The maximum absolute atomic E-state index is 13.1. The second-order valence-corrected chi connectivity index (χ2v) is 9.01. The highest BCUT2D eigenvalue weighted by Crippen LogP contribution is 2.37. The Kier molecular flexibility index (Phi) is 10.9. The molecular formula is C24H29ClF6N4O. The first kappa shape index (κ1) is 29.7. The van der Waals surface area contributed by atoms with Crippen LogP contribution in [0.4, 0.5) is 36.8 Å². The minimum absolute atomic E-state index is 0.00515. The van der Waals surface area contributed by atoms with E-state index in [0.29, 0.717) is 30.1 Å². The molecule has 2 amide bonds. The fraction of sp³-hybridized carbons (Fsp3) is 0.458. The van der Waals surface area contributed by atoms with Gasteiger partial charge in [0, 0.05) is 23.2 Å². The number of hydrogen-bond donors (Lipinski definition) is 3. The van der Waals surface area contributed by atoms with Crippen molar-refractivity contribution in [2.24, 2.45) is 0 Å². The van der Waals surface area contributed by atoms with Gasteiger partial charge in [-0.05, 0) is 82.5 Å². The van der Waals surface area contributed by atoms with Crippen LogP contribution in [-0.2, 0) is 12.4 Å². The molecule has 0 aliphatic rings. The van der Waals surface area contributed by atoms with Crippen molar-refractivity contribution < 1.29 is 31.1 Å². The summed E-state index contributed by atoms with van der Waals surface area (Å²) in [6.07, 6.45) is -8.43. The van der Waals surface area contributed by atoms with E-state index in [1.54, 1.807) is 24.3 Å². The quantitative estimate of drug-likeness (QED) is 0.235. The zero-order valence-electron chi connectivity index (χ0n) is 19.9. The van der Waals surface area contributed by atoms with Gasteiger partial charge in [-0.2, -0.15) is 26.3 Å². The molecule has 0 aromatic heterocycles. The first-order valence-corrected chi connectivity index (χ1v) is 11.6. The molecule has 1 unspecified atom stereocenters. The summed E-state index contributed by atoms with van der Waals surface area (Å²) in [5, 5.41) is 8.50. The fourth-order valence-electron chi connectivity index (χ4n) is 3.46. The Morgan fingerprint density at radius 2 is 1.53 bits per heavy atom. The summed E-state index contributed by atoms with van der Waals surface area (Å²) in [6, 6.07) is 7.03. The number of nitrogens with one attached hydrogen (secondary N) is 3. The van der Waals surface area contributed by atoms with Crippen LogP contribution in [0.5, 0.6) is 0 Å². The Bertz CT molecular complexity index is 948. The van der Waals surface area contributed by atoms with Gasteiger partial charge in [0.05, 0.1) is 11.1 Å². The number of alkyl halides is 6. The molecule has 0 aliphatic heterocycles. The van der Waals surface area contributed by atoms with Gasteiger partial charge in [0.25, 0.3) is 0 Å². The summed E-state index contributed by atoms with van der Waals surface area (Å²) >= 11 is 5.95. The van der Waals surface area contributed by atoms with Crippen molar-refractivity contribution in [3.05, 3.63) is 64.2 Å². The highest BCUT2D eigenvalue weighted by atomic mass is 35.5. The Hall–Kier alpha value is -2.50. The van der Waals surface area contributed by atoms with Crippen LogP contribution < -0.4 is 16.0 Å². The fourth-order valence-corrected chi connectivity index (χ4v) is 3.59. The number of nitrogens with zero attached hydrogens (tertiary/aromatic N) is 1. The van der Waals surface area contributed by atoms with E-state index >= 15 is 0 Å². The van der Waals surface area contributed by atoms with Crippen molar-refractivity contribution in [3.8, 4) is 0 Å². The van der Waals surface area contributed by atoms with Crippen LogP contribution in [0.3, 0.4) is 0 Å². The summed E-state index contributed by atoms with van der Waals surface area (Å²) in [6.45, 7) is 2.49. The molecular weight excluding hydrogens is 510 g/mol. The average molecular weight is 539 g/mol. The molecule has 0 heterocycles. The molecule has 0 saturated heterocycles. The van der Waals surface area contributed by atoms with Crippen LogP contribution in [0.25, 0.3) is 0 Å². The van der Waals surface area contributed by atoms with Crippen molar-refractivity contribution >= 4 is 23.3 Å². The molecule has 12 heteroatoms. The number of carbonyl (C=O) groups excluding carboxylic acids is 1. The third kappa shape index (κ3) is 10.2. The van der Waals surface area contributed by atoms with Crippen molar-refractivity contribution in [2.75, 3.05) is 45.6 Å². The molecule has 0 spiro atoms. The van der Waals surface area contributed by atoms with E-state index in [2.05, 4.69) is 20.9 Å². The maximum atomic E-state index is 13.1. The number of urea groups is 1. The minimum Gasteiger partial charge on any atom is -0.337 e. The Balaban J connectivity index is 2.05. The summed E-state index contributed by atoms with van der Waals surface area (Å²) in [7, 11) is 3.97. The molecule has 3 N–H and O–H groups in total. The normalized spacial score (nSPS) is 13.1. The van der Waals surface area contributed by atoms with E-state index in [1.165, 1.54) is 0 Å². The zero-order valence-corrected chi connectivity index (χ0v) is 20.6. The van der Waals surface area contributed by atoms with E-state index in [4.69, 9.17) is 11.6 Å². The Morgan fingerprint density at radius 1 is 0.944 bits per heavy atom. The van der Waals surface area contributed by atoms with Gasteiger partial charge in [0.15, 0.2) is 0 Å². The molecule has 5 nitrogen and oxygen atoms in total. The van der Waals surface area contributed by atoms with Crippen LogP contribution in [0.15, 0.2) is 42.5 Å². The number of anilines is 1. The Morgan fingerprint density at radius 3 is 2.06 bits per heavy atom. The van der Waals surface area contributed by atoms with Gasteiger partial charge in [-0.1, -0.05) is 23.7 Å². The lowest BCUT2D eigenvalue weighted by molar-refractivity contribution is -0.143. The van der Waals surface area contributed by atoms with E-state index in [1.807, 2.05) is 14.1 Å². The number of hydrogen-bond acceptors (Lipinski definition) is 3. The van der Waals surface area contributed by atoms with Gasteiger partial charge in [-0.25, -0.2) is 4.79 Å². The zero-order chi connectivity index (χ0) is 26.9. The van der Waals surface area contributed by atoms with Crippen LogP contribution in [0, 0.1) is 0 Å². The van der Waals surface area contributed by atoms with Crippen molar-refractivity contribution in [1.82, 2.24) is 15.5 Å². The average Bonchev–Trinajstić information content (AvgIpc) is 2.77. The van der Waals surface area contributed by atoms with Gasteiger partial charge >= 0.3 is 18.4 Å². The van der Waals surface area contributed by atoms with E-state index in [9.17, 15) is 31.1 Å². The van der Waals surface area contributed by atoms with Crippen molar-refractivity contribution in [2.45, 2.75) is 31.1 Å². The molecule has 200 valence electrons. The lowest BCUT2D eigenvalue weighted by Gasteiger charge is -2.20. The second-order valence-electron chi connectivity index (χ2n) is 8.57. The summed E-state index contributed by atoms with van der Waals surface area (Å²) < 4.78 is 78.4. The van der Waals surface area contributed by atoms with E-state index in [0.717, 1.165) is 25.1 Å². The van der Waals surface area contributed by atoms with Crippen LogP contribution in [0.2, 0.25) is 5.02 Å². The van der Waals surface area contributed by atoms with Crippen molar-refractivity contribution in [1.29, 1.82) is 0 Å². The third-order valence-electron chi connectivity index (χ3n) is 5.32. The predicted octanol–water partition coefficient (Wildman–Crippen LogP) is 6.21. The number of rotatable bonds is 11. The number of halogens is 7. The molecule has 2 rings (SSSR count). The predicted molar refractivity (Wildman–Crippen MR) is 128 cm³/mol. The number of carbonyl (C=O) groups is 1. The van der Waals surface area contributed by atoms with E-state index in [-0.39, 0.29) is 18.5 Å². The SMILES string of the molecule is CN(C)CCCNCCC(CNC(=O)Nc1cc(C(F)(F)F)cc(C(F)(F)F)c1)c1ccc(Cl)cc1. The molecule has 0 radical (unpaired) electrons. The first-order valence-electron chi connectivity index (χ1n) is 11.2. The van der Waals surface area contributed by atoms with Crippen LogP contribution in [0.1, 0.15) is 35.4 Å². The lowest BCUT2D eigenvalue weighted by atomic mass is 9.95. The molecule has 1 atom stereocenters. The van der Waals surface area contributed by atoms with Crippen LogP contribution in [-0.4, -0.2) is 51.2 Å². The summed E-state index contributed by atoms with van der Waals surface area (Å²) in [5.74, 6) is -0.165. The summed E-state index contributed by atoms with van der Waals surface area (Å²) in [5.41, 5.74) is -2.74. The van der Waals surface area contributed by atoms with E-state index < -0.39 is 35.2 Å². The first-order chi connectivity index (χ1) is 16.8.